The summed E-state index contributed by atoms with van der Waals surface area (Å²) in [4.78, 5) is 16.4. The first-order valence-corrected chi connectivity index (χ1v) is 7.22. The fourth-order valence-corrected chi connectivity index (χ4v) is 2.47. The minimum absolute atomic E-state index is 0.00614. The third-order valence-corrected chi connectivity index (χ3v) is 3.73. The highest BCUT2D eigenvalue weighted by Gasteiger charge is 2.07. The van der Waals surface area contributed by atoms with E-state index in [1.807, 2.05) is 24.3 Å². The van der Waals surface area contributed by atoms with E-state index in [9.17, 15) is 4.79 Å². The molecule has 1 aromatic heterocycles. The van der Waals surface area contributed by atoms with Crippen LogP contribution in [-0.4, -0.2) is 23.1 Å². The molecule has 2 aromatic rings. The summed E-state index contributed by atoms with van der Waals surface area (Å²) in [6.45, 7) is 2.05. The second-order valence-corrected chi connectivity index (χ2v) is 5.30. The van der Waals surface area contributed by atoms with Crippen LogP contribution in [0.1, 0.15) is 17.3 Å². The van der Waals surface area contributed by atoms with E-state index in [0.29, 0.717) is 23.6 Å². The van der Waals surface area contributed by atoms with Crippen LogP contribution in [0.25, 0.3) is 0 Å². The van der Waals surface area contributed by atoms with Gasteiger partial charge >= 0.3 is 0 Å². The van der Waals surface area contributed by atoms with Gasteiger partial charge in [0, 0.05) is 16.8 Å². The average molecular weight is 288 g/mol. The van der Waals surface area contributed by atoms with Crippen molar-refractivity contribution in [3.8, 4) is 5.75 Å². The molecule has 0 fully saturated rings. The Morgan fingerprint density at radius 1 is 1.35 bits per heavy atom. The van der Waals surface area contributed by atoms with Crippen molar-refractivity contribution in [3.63, 3.8) is 0 Å². The van der Waals surface area contributed by atoms with Crippen LogP contribution < -0.4 is 10.5 Å². The summed E-state index contributed by atoms with van der Waals surface area (Å²) in [5.41, 5.74) is 7.09. The Labute approximate surface area is 122 Å². The smallest absolute Gasteiger partial charge is 0.163 e. The number of Topliss-reactive ketones (excluding diaryl/α,β-unsaturated/α-hetero) is 1. The number of aromatic nitrogens is 1. The second kappa shape index (κ2) is 6.96. The minimum Gasteiger partial charge on any atom is -0.492 e. The molecule has 0 aliphatic rings. The lowest BCUT2D eigenvalue weighted by Crippen LogP contribution is -2.04. The summed E-state index contributed by atoms with van der Waals surface area (Å²) in [6, 6.07) is 9.14. The topological polar surface area (TPSA) is 65.2 Å². The Balaban J connectivity index is 1.88. The van der Waals surface area contributed by atoms with Crippen molar-refractivity contribution in [2.45, 2.75) is 11.8 Å². The van der Waals surface area contributed by atoms with Crippen molar-refractivity contribution < 1.29 is 9.53 Å². The Hall–Kier alpha value is -2.01. The highest BCUT2D eigenvalue weighted by atomic mass is 32.2. The van der Waals surface area contributed by atoms with Crippen LogP contribution in [0.15, 0.2) is 47.6 Å². The van der Waals surface area contributed by atoms with Crippen molar-refractivity contribution in [2.75, 3.05) is 18.1 Å². The van der Waals surface area contributed by atoms with Gasteiger partial charge in [-0.3, -0.25) is 9.78 Å². The number of nitrogens with two attached hydrogens (primary N) is 1. The fourth-order valence-electron chi connectivity index (χ4n) is 1.71. The van der Waals surface area contributed by atoms with Gasteiger partial charge in [0.1, 0.15) is 5.75 Å². The van der Waals surface area contributed by atoms with E-state index in [4.69, 9.17) is 10.5 Å². The van der Waals surface area contributed by atoms with E-state index >= 15 is 0 Å². The summed E-state index contributed by atoms with van der Waals surface area (Å²) in [7, 11) is 0. The molecule has 5 heteroatoms. The quantitative estimate of drug-likeness (QED) is 0.503. The van der Waals surface area contributed by atoms with Crippen LogP contribution in [0.2, 0.25) is 0 Å². The van der Waals surface area contributed by atoms with Gasteiger partial charge in [-0.2, -0.15) is 0 Å². The third-order valence-electron chi connectivity index (χ3n) is 2.67. The first-order chi connectivity index (χ1) is 9.68. The summed E-state index contributed by atoms with van der Waals surface area (Å²) in [5.74, 6) is 1.38. The van der Waals surface area contributed by atoms with Crippen LogP contribution in [-0.2, 0) is 0 Å². The van der Waals surface area contributed by atoms with Crippen LogP contribution in [0.4, 0.5) is 5.69 Å². The van der Waals surface area contributed by atoms with Gasteiger partial charge in [0.25, 0.3) is 0 Å². The second-order valence-electron chi connectivity index (χ2n) is 4.16. The SMILES string of the molecule is CC(=O)c1ccccc1OCCSc1ccncc1N. The number of ketones is 1. The number of rotatable bonds is 6. The molecule has 1 aromatic carbocycles. The Bertz CT molecular complexity index is 602. The van der Waals surface area contributed by atoms with Gasteiger partial charge in [-0.1, -0.05) is 12.1 Å². The van der Waals surface area contributed by atoms with Crippen molar-refractivity contribution in [1.82, 2.24) is 4.98 Å². The third kappa shape index (κ3) is 3.74. The molecule has 0 saturated carbocycles. The highest BCUT2D eigenvalue weighted by molar-refractivity contribution is 7.99. The number of para-hydroxylation sites is 1. The fraction of sp³-hybridized carbons (Fsp3) is 0.200. The number of thioether (sulfide) groups is 1. The highest BCUT2D eigenvalue weighted by Crippen LogP contribution is 2.24. The molecule has 2 N–H and O–H groups in total. The van der Waals surface area contributed by atoms with Gasteiger partial charge in [0.05, 0.1) is 24.1 Å². The number of hydrogen-bond donors (Lipinski definition) is 1. The molecule has 20 heavy (non-hydrogen) atoms. The maximum atomic E-state index is 11.5. The molecule has 104 valence electrons. The molecule has 0 saturated heterocycles. The first-order valence-electron chi connectivity index (χ1n) is 6.23. The molecule has 1 heterocycles. The van der Waals surface area contributed by atoms with Gasteiger partial charge in [-0.05, 0) is 25.1 Å². The first kappa shape index (κ1) is 14.4. The van der Waals surface area contributed by atoms with E-state index in [1.165, 1.54) is 6.92 Å². The van der Waals surface area contributed by atoms with E-state index in [-0.39, 0.29) is 5.78 Å². The normalized spacial score (nSPS) is 10.2. The molecule has 0 radical (unpaired) electrons. The van der Waals surface area contributed by atoms with Gasteiger partial charge in [0.2, 0.25) is 0 Å². The Kier molecular flexibility index (Phi) is 5.01. The van der Waals surface area contributed by atoms with Crippen molar-refractivity contribution in [1.29, 1.82) is 0 Å². The van der Waals surface area contributed by atoms with Crippen LogP contribution in [0.3, 0.4) is 0 Å². The molecule has 0 atom stereocenters. The lowest BCUT2D eigenvalue weighted by molar-refractivity contribution is 0.101. The van der Waals surface area contributed by atoms with Crippen molar-refractivity contribution >= 4 is 23.2 Å². The maximum absolute atomic E-state index is 11.5. The monoisotopic (exact) mass is 288 g/mol. The zero-order chi connectivity index (χ0) is 14.4. The standard InChI is InChI=1S/C15H16N2O2S/c1-11(18)12-4-2-3-5-14(12)19-8-9-20-15-6-7-17-10-13(15)16/h2-7,10H,8-9,16H2,1H3. The Morgan fingerprint density at radius 2 is 2.15 bits per heavy atom. The molecule has 0 bridgehead atoms. The van der Waals surface area contributed by atoms with E-state index in [1.54, 1.807) is 30.2 Å². The molecule has 0 amide bonds. The molecule has 4 nitrogen and oxygen atoms in total. The van der Waals surface area contributed by atoms with Gasteiger partial charge in [0.15, 0.2) is 5.78 Å². The van der Waals surface area contributed by atoms with Crippen molar-refractivity contribution in [3.05, 3.63) is 48.3 Å². The number of anilines is 1. The number of nitrogens with zero attached hydrogens (tertiary/aromatic N) is 1. The van der Waals surface area contributed by atoms with Gasteiger partial charge in [-0.25, -0.2) is 0 Å². The number of carbonyl (C=O) groups excluding carboxylic acids is 1. The van der Waals surface area contributed by atoms with Crippen LogP contribution >= 0.6 is 11.8 Å². The Morgan fingerprint density at radius 3 is 2.90 bits per heavy atom. The number of hydrogen-bond acceptors (Lipinski definition) is 5. The minimum atomic E-state index is 0.00614. The molecular weight excluding hydrogens is 272 g/mol. The number of ether oxygens (including phenoxy) is 1. The summed E-state index contributed by atoms with van der Waals surface area (Å²) in [6.07, 6.45) is 3.35. The van der Waals surface area contributed by atoms with Crippen LogP contribution in [0.5, 0.6) is 5.75 Å². The van der Waals surface area contributed by atoms with E-state index < -0.39 is 0 Å². The van der Waals surface area contributed by atoms with Gasteiger partial charge in [-0.15, -0.1) is 11.8 Å². The summed E-state index contributed by atoms with van der Waals surface area (Å²) >= 11 is 1.61. The average Bonchev–Trinajstić information content (AvgIpc) is 2.45. The number of nitrogen functional groups attached to an aromatic ring is 1. The number of benzene rings is 1. The maximum Gasteiger partial charge on any atom is 0.163 e. The molecular formula is C15H16N2O2S. The zero-order valence-electron chi connectivity index (χ0n) is 11.2. The molecule has 0 aliphatic heterocycles. The van der Waals surface area contributed by atoms with Crippen LogP contribution in [0, 0.1) is 0 Å². The largest absolute Gasteiger partial charge is 0.492 e. The molecule has 0 aliphatic carbocycles. The summed E-state index contributed by atoms with van der Waals surface area (Å²) < 4.78 is 5.66. The van der Waals surface area contributed by atoms with E-state index in [0.717, 1.165) is 10.6 Å². The molecule has 0 spiro atoms. The molecule has 0 unspecified atom stereocenters. The number of pyridine rings is 1. The lowest BCUT2D eigenvalue weighted by atomic mass is 10.1. The van der Waals surface area contributed by atoms with Gasteiger partial charge < -0.3 is 10.5 Å². The van der Waals surface area contributed by atoms with E-state index in [2.05, 4.69) is 4.98 Å². The molecule has 2 rings (SSSR count). The lowest BCUT2D eigenvalue weighted by Gasteiger charge is -2.09. The zero-order valence-corrected chi connectivity index (χ0v) is 12.0. The summed E-state index contributed by atoms with van der Waals surface area (Å²) in [5, 5.41) is 0. The number of carbonyl (C=O) groups is 1. The predicted molar refractivity (Wildman–Crippen MR) is 81.3 cm³/mol. The van der Waals surface area contributed by atoms with Crippen molar-refractivity contribution in [2.24, 2.45) is 0 Å². The predicted octanol–water partition coefficient (Wildman–Crippen LogP) is 3.04.